The Labute approximate surface area is 99.2 Å². The molecule has 1 aromatic rings. The maximum Gasteiger partial charge on any atom is 0.0410 e. The van der Waals surface area contributed by atoms with Gasteiger partial charge in [-0.2, -0.15) is 0 Å². The Morgan fingerprint density at radius 1 is 1.29 bits per heavy atom. The van der Waals surface area contributed by atoms with E-state index < -0.39 is 0 Å². The van der Waals surface area contributed by atoms with Gasteiger partial charge in [-0.05, 0) is 37.6 Å². The first kappa shape index (κ1) is 11.9. The first-order valence-electron chi connectivity index (χ1n) is 4.82. The molecule has 1 rings (SSSR count). The standard InChI is InChI=1S/C11H15BrClN/c1-3-14(4-2)11-6-5-10(13)7-9(11)8-12/h5-7H,3-4,8H2,1-2H3. The fourth-order valence-electron chi connectivity index (χ4n) is 1.53. The Bertz CT molecular complexity index is 297. The zero-order valence-electron chi connectivity index (χ0n) is 8.56. The number of nitrogens with zero attached hydrogens (tertiary/aromatic N) is 1. The second-order valence-electron chi connectivity index (χ2n) is 3.08. The van der Waals surface area contributed by atoms with Crippen molar-refractivity contribution in [1.29, 1.82) is 0 Å². The quantitative estimate of drug-likeness (QED) is 0.749. The SMILES string of the molecule is CCN(CC)c1ccc(Cl)cc1CBr. The molecule has 1 nitrogen and oxygen atoms in total. The lowest BCUT2D eigenvalue weighted by Gasteiger charge is -2.23. The number of anilines is 1. The highest BCUT2D eigenvalue weighted by atomic mass is 79.9. The summed E-state index contributed by atoms with van der Waals surface area (Å²) in [6.07, 6.45) is 0. The summed E-state index contributed by atoms with van der Waals surface area (Å²) >= 11 is 9.43. The fourth-order valence-corrected chi connectivity index (χ4v) is 2.18. The van der Waals surface area contributed by atoms with E-state index in [4.69, 9.17) is 11.6 Å². The van der Waals surface area contributed by atoms with Gasteiger partial charge in [0.1, 0.15) is 0 Å². The molecule has 0 spiro atoms. The number of hydrogen-bond acceptors (Lipinski definition) is 1. The number of benzene rings is 1. The maximum absolute atomic E-state index is 5.95. The topological polar surface area (TPSA) is 3.24 Å². The maximum atomic E-state index is 5.95. The van der Waals surface area contributed by atoms with Gasteiger partial charge in [0.25, 0.3) is 0 Å². The second kappa shape index (κ2) is 5.62. The molecule has 78 valence electrons. The van der Waals surface area contributed by atoms with E-state index in [0.717, 1.165) is 23.4 Å². The van der Waals surface area contributed by atoms with E-state index in [-0.39, 0.29) is 0 Å². The van der Waals surface area contributed by atoms with Crippen molar-refractivity contribution in [3.8, 4) is 0 Å². The molecule has 0 amide bonds. The molecule has 0 saturated heterocycles. The first-order valence-corrected chi connectivity index (χ1v) is 6.32. The van der Waals surface area contributed by atoms with E-state index in [2.05, 4.69) is 40.7 Å². The molecular weight excluding hydrogens is 261 g/mol. The van der Waals surface area contributed by atoms with E-state index in [1.54, 1.807) is 0 Å². The van der Waals surface area contributed by atoms with E-state index in [1.165, 1.54) is 11.3 Å². The molecule has 0 saturated carbocycles. The van der Waals surface area contributed by atoms with Crippen molar-refractivity contribution in [1.82, 2.24) is 0 Å². The fraction of sp³-hybridized carbons (Fsp3) is 0.455. The van der Waals surface area contributed by atoms with Crippen molar-refractivity contribution >= 4 is 33.2 Å². The third kappa shape index (κ3) is 2.64. The van der Waals surface area contributed by atoms with Crippen LogP contribution in [0.3, 0.4) is 0 Å². The molecule has 0 heterocycles. The molecule has 0 fully saturated rings. The van der Waals surface area contributed by atoms with Crippen LogP contribution in [0.2, 0.25) is 5.02 Å². The molecule has 0 N–H and O–H groups in total. The summed E-state index contributed by atoms with van der Waals surface area (Å²) < 4.78 is 0. The van der Waals surface area contributed by atoms with Crippen molar-refractivity contribution in [2.75, 3.05) is 18.0 Å². The predicted molar refractivity (Wildman–Crippen MR) is 67.6 cm³/mol. The Morgan fingerprint density at radius 2 is 1.93 bits per heavy atom. The van der Waals surface area contributed by atoms with Crippen LogP contribution < -0.4 is 4.90 Å². The Kier molecular flexibility index (Phi) is 4.76. The molecule has 0 unspecified atom stereocenters. The van der Waals surface area contributed by atoms with Crippen molar-refractivity contribution in [3.63, 3.8) is 0 Å². The van der Waals surface area contributed by atoms with E-state index in [0.29, 0.717) is 0 Å². The molecule has 0 bridgehead atoms. The van der Waals surface area contributed by atoms with Crippen LogP contribution in [0.4, 0.5) is 5.69 Å². The summed E-state index contributed by atoms with van der Waals surface area (Å²) in [6.45, 7) is 6.38. The molecule has 0 aromatic heterocycles. The lowest BCUT2D eigenvalue weighted by atomic mass is 10.2. The van der Waals surface area contributed by atoms with Gasteiger partial charge in [0.05, 0.1) is 0 Å². The molecule has 0 radical (unpaired) electrons. The molecule has 0 aliphatic carbocycles. The van der Waals surface area contributed by atoms with Gasteiger partial charge in [0.2, 0.25) is 0 Å². The van der Waals surface area contributed by atoms with Gasteiger partial charge in [-0.15, -0.1) is 0 Å². The van der Waals surface area contributed by atoms with Crippen LogP contribution in [0.25, 0.3) is 0 Å². The molecule has 3 heteroatoms. The van der Waals surface area contributed by atoms with Gasteiger partial charge in [0, 0.05) is 29.1 Å². The minimum atomic E-state index is 0.801. The summed E-state index contributed by atoms with van der Waals surface area (Å²) in [5.41, 5.74) is 2.53. The average molecular weight is 277 g/mol. The van der Waals surface area contributed by atoms with E-state index >= 15 is 0 Å². The molecule has 14 heavy (non-hydrogen) atoms. The van der Waals surface area contributed by atoms with Crippen molar-refractivity contribution < 1.29 is 0 Å². The number of hydrogen-bond donors (Lipinski definition) is 0. The van der Waals surface area contributed by atoms with Crippen LogP contribution in [0.1, 0.15) is 19.4 Å². The predicted octanol–water partition coefficient (Wildman–Crippen LogP) is 4.08. The van der Waals surface area contributed by atoms with E-state index in [1.807, 2.05) is 12.1 Å². The van der Waals surface area contributed by atoms with Crippen molar-refractivity contribution in [2.45, 2.75) is 19.2 Å². The number of rotatable bonds is 4. The van der Waals surface area contributed by atoms with Crippen LogP contribution in [0, 0.1) is 0 Å². The lowest BCUT2D eigenvalue weighted by Crippen LogP contribution is -2.22. The van der Waals surface area contributed by atoms with Crippen LogP contribution in [-0.4, -0.2) is 13.1 Å². The largest absolute Gasteiger partial charge is 0.372 e. The van der Waals surface area contributed by atoms with Gasteiger partial charge in [0.15, 0.2) is 0 Å². The highest BCUT2D eigenvalue weighted by Crippen LogP contribution is 2.26. The van der Waals surface area contributed by atoms with Gasteiger partial charge in [-0.1, -0.05) is 27.5 Å². The highest BCUT2D eigenvalue weighted by Gasteiger charge is 2.07. The molecule has 0 atom stereocenters. The van der Waals surface area contributed by atoms with Gasteiger partial charge < -0.3 is 4.90 Å². The Hall–Kier alpha value is -0.210. The molecule has 0 aliphatic rings. The number of halogens is 2. The van der Waals surface area contributed by atoms with Crippen LogP contribution in [0.15, 0.2) is 18.2 Å². The third-order valence-corrected chi connectivity index (χ3v) is 3.13. The Balaban J connectivity index is 3.06. The van der Waals surface area contributed by atoms with Gasteiger partial charge in [-0.25, -0.2) is 0 Å². The summed E-state index contributed by atoms with van der Waals surface area (Å²) in [6, 6.07) is 6.05. The van der Waals surface area contributed by atoms with Crippen molar-refractivity contribution in [2.24, 2.45) is 0 Å². The smallest absolute Gasteiger partial charge is 0.0410 e. The highest BCUT2D eigenvalue weighted by molar-refractivity contribution is 9.08. The monoisotopic (exact) mass is 275 g/mol. The minimum absolute atomic E-state index is 0.801. The summed E-state index contributed by atoms with van der Waals surface area (Å²) in [4.78, 5) is 2.33. The van der Waals surface area contributed by atoms with Crippen molar-refractivity contribution in [3.05, 3.63) is 28.8 Å². The zero-order chi connectivity index (χ0) is 10.6. The molecule has 0 aliphatic heterocycles. The van der Waals surface area contributed by atoms with Crippen LogP contribution >= 0.6 is 27.5 Å². The average Bonchev–Trinajstić information content (AvgIpc) is 2.21. The van der Waals surface area contributed by atoms with Gasteiger partial charge >= 0.3 is 0 Å². The summed E-state index contributed by atoms with van der Waals surface area (Å²) in [5.74, 6) is 0. The Morgan fingerprint density at radius 3 is 2.43 bits per heavy atom. The zero-order valence-corrected chi connectivity index (χ0v) is 10.9. The first-order chi connectivity index (χ1) is 6.72. The molecule has 1 aromatic carbocycles. The molecular formula is C11H15BrClN. The van der Waals surface area contributed by atoms with Crippen LogP contribution in [-0.2, 0) is 5.33 Å². The van der Waals surface area contributed by atoms with E-state index in [9.17, 15) is 0 Å². The lowest BCUT2D eigenvalue weighted by molar-refractivity contribution is 0.861. The van der Waals surface area contributed by atoms with Crippen LogP contribution in [0.5, 0.6) is 0 Å². The van der Waals surface area contributed by atoms with Gasteiger partial charge in [-0.3, -0.25) is 0 Å². The normalized spacial score (nSPS) is 10.3. The summed E-state index contributed by atoms with van der Waals surface area (Å²) in [5, 5.41) is 1.65. The summed E-state index contributed by atoms with van der Waals surface area (Å²) in [7, 11) is 0. The second-order valence-corrected chi connectivity index (χ2v) is 4.08. The minimum Gasteiger partial charge on any atom is -0.372 e. The number of alkyl halides is 1. The third-order valence-electron chi connectivity index (χ3n) is 2.29.